The highest BCUT2D eigenvalue weighted by Gasteiger charge is 2.15. The fourth-order valence-corrected chi connectivity index (χ4v) is 2.18. The average Bonchev–Trinajstić information content (AvgIpc) is 2.46. The lowest BCUT2D eigenvalue weighted by Gasteiger charge is -2.18. The summed E-state index contributed by atoms with van der Waals surface area (Å²) >= 11 is 0. The van der Waals surface area contributed by atoms with E-state index in [1.54, 1.807) is 25.1 Å². The van der Waals surface area contributed by atoms with Gasteiger partial charge in [0.1, 0.15) is 11.6 Å². The van der Waals surface area contributed by atoms with E-state index in [2.05, 4.69) is 5.32 Å². The first-order chi connectivity index (χ1) is 10.0. The summed E-state index contributed by atoms with van der Waals surface area (Å²) in [5.41, 5.74) is 1.17. The van der Waals surface area contributed by atoms with Gasteiger partial charge in [0.2, 0.25) is 0 Å². The highest BCUT2D eigenvalue weighted by atomic mass is 19.1. The molecule has 0 aromatic heterocycles. The lowest BCUT2D eigenvalue weighted by molar-refractivity contribution is 0.426. The van der Waals surface area contributed by atoms with Gasteiger partial charge in [-0.05, 0) is 50.2 Å². The molecule has 2 nitrogen and oxygen atoms in total. The molecule has 0 saturated heterocycles. The molecule has 1 unspecified atom stereocenters. The Morgan fingerprint density at radius 2 is 1.90 bits per heavy atom. The van der Waals surface area contributed by atoms with Crippen LogP contribution in [-0.4, -0.2) is 6.54 Å². The first kappa shape index (κ1) is 15.4. The van der Waals surface area contributed by atoms with Gasteiger partial charge in [-0.15, -0.1) is 0 Å². The first-order valence-corrected chi connectivity index (χ1v) is 6.98. The van der Waals surface area contributed by atoms with Crippen molar-refractivity contribution in [3.05, 3.63) is 59.2 Å². The van der Waals surface area contributed by atoms with E-state index in [9.17, 15) is 8.78 Å². The highest BCUT2D eigenvalue weighted by Crippen LogP contribution is 2.32. The average molecular weight is 291 g/mol. The molecule has 0 radical (unpaired) electrons. The van der Waals surface area contributed by atoms with Crippen LogP contribution in [-0.2, 0) is 0 Å². The second kappa shape index (κ2) is 6.68. The van der Waals surface area contributed by atoms with Gasteiger partial charge in [-0.25, -0.2) is 8.78 Å². The molecule has 1 N–H and O–H groups in total. The van der Waals surface area contributed by atoms with E-state index >= 15 is 0 Å². The van der Waals surface area contributed by atoms with Gasteiger partial charge in [0.25, 0.3) is 0 Å². The van der Waals surface area contributed by atoms with Gasteiger partial charge in [-0.1, -0.05) is 19.1 Å². The smallest absolute Gasteiger partial charge is 0.168 e. The molecule has 2 rings (SSSR count). The molecule has 0 fully saturated rings. The molecule has 0 amide bonds. The molecule has 2 aromatic carbocycles. The van der Waals surface area contributed by atoms with Crippen molar-refractivity contribution < 1.29 is 13.5 Å². The number of nitrogens with one attached hydrogen (secondary N) is 1. The second-order valence-electron chi connectivity index (χ2n) is 4.95. The molecule has 0 aliphatic rings. The van der Waals surface area contributed by atoms with E-state index in [0.29, 0.717) is 16.9 Å². The van der Waals surface area contributed by atoms with Gasteiger partial charge >= 0.3 is 0 Å². The number of aryl methyl sites for hydroxylation is 1. The Bertz CT molecular complexity index is 628. The van der Waals surface area contributed by atoms with Crippen LogP contribution in [0.25, 0.3) is 0 Å². The van der Waals surface area contributed by atoms with E-state index in [1.165, 1.54) is 18.2 Å². The van der Waals surface area contributed by atoms with Gasteiger partial charge in [0.15, 0.2) is 11.6 Å². The third-order valence-electron chi connectivity index (χ3n) is 3.32. The van der Waals surface area contributed by atoms with E-state index < -0.39 is 5.82 Å². The Morgan fingerprint density at radius 1 is 1.14 bits per heavy atom. The third-order valence-corrected chi connectivity index (χ3v) is 3.32. The molecule has 0 saturated carbocycles. The van der Waals surface area contributed by atoms with Crippen LogP contribution in [0.2, 0.25) is 0 Å². The largest absolute Gasteiger partial charge is 0.454 e. The Balaban J connectivity index is 2.37. The minimum absolute atomic E-state index is 0.0893. The van der Waals surface area contributed by atoms with Crippen molar-refractivity contribution in [3.63, 3.8) is 0 Å². The van der Waals surface area contributed by atoms with Gasteiger partial charge in [-0.3, -0.25) is 0 Å². The number of benzene rings is 2. The van der Waals surface area contributed by atoms with Crippen molar-refractivity contribution in [3.8, 4) is 11.5 Å². The summed E-state index contributed by atoms with van der Waals surface area (Å²) in [7, 11) is 0. The Labute approximate surface area is 123 Å². The van der Waals surface area contributed by atoms with Crippen LogP contribution in [0.3, 0.4) is 0 Å². The highest BCUT2D eigenvalue weighted by molar-refractivity contribution is 5.41. The zero-order valence-corrected chi connectivity index (χ0v) is 12.4. The van der Waals surface area contributed by atoms with Crippen LogP contribution >= 0.6 is 0 Å². The normalized spacial score (nSPS) is 12.2. The van der Waals surface area contributed by atoms with Crippen molar-refractivity contribution in [1.82, 2.24) is 5.32 Å². The van der Waals surface area contributed by atoms with Crippen LogP contribution in [0.15, 0.2) is 36.4 Å². The number of ether oxygens (including phenoxy) is 1. The van der Waals surface area contributed by atoms with Crippen LogP contribution < -0.4 is 10.1 Å². The summed E-state index contributed by atoms with van der Waals surface area (Å²) < 4.78 is 33.2. The third kappa shape index (κ3) is 3.58. The quantitative estimate of drug-likeness (QED) is 0.859. The number of hydrogen-bond donors (Lipinski definition) is 1. The van der Waals surface area contributed by atoms with Crippen molar-refractivity contribution in [2.24, 2.45) is 0 Å². The fraction of sp³-hybridized carbons (Fsp3) is 0.294. The van der Waals surface area contributed by atoms with E-state index in [4.69, 9.17) is 4.74 Å². The maximum absolute atomic E-state index is 14.0. The summed E-state index contributed by atoms with van der Waals surface area (Å²) in [6, 6.07) is 9.13. The van der Waals surface area contributed by atoms with Crippen LogP contribution in [0, 0.1) is 18.6 Å². The van der Waals surface area contributed by atoms with Gasteiger partial charge < -0.3 is 10.1 Å². The predicted octanol–water partition coefficient (Wildman–Crippen LogP) is 4.74. The molecule has 4 heteroatoms. The molecule has 112 valence electrons. The summed E-state index contributed by atoms with van der Waals surface area (Å²) in [4.78, 5) is 0. The maximum atomic E-state index is 14.0. The lowest BCUT2D eigenvalue weighted by Crippen LogP contribution is -2.18. The Morgan fingerprint density at radius 3 is 2.62 bits per heavy atom. The molecule has 2 aromatic rings. The molecule has 21 heavy (non-hydrogen) atoms. The molecular formula is C17H19F2NO. The molecule has 0 heterocycles. The number of hydrogen-bond acceptors (Lipinski definition) is 2. The topological polar surface area (TPSA) is 21.3 Å². The molecule has 0 spiro atoms. The van der Waals surface area contributed by atoms with Crippen molar-refractivity contribution in [2.75, 3.05) is 6.54 Å². The SMILES string of the molecule is CCNC(C)c1cc(F)ccc1Oc1cccc(C)c1F. The van der Waals surface area contributed by atoms with Crippen molar-refractivity contribution >= 4 is 0 Å². The van der Waals surface area contributed by atoms with E-state index in [-0.39, 0.29) is 17.6 Å². The van der Waals surface area contributed by atoms with Gasteiger partial charge in [-0.2, -0.15) is 0 Å². The number of halogens is 2. The fourth-order valence-electron chi connectivity index (χ4n) is 2.18. The van der Waals surface area contributed by atoms with Gasteiger partial charge in [0.05, 0.1) is 0 Å². The molecule has 0 aliphatic heterocycles. The Kier molecular flexibility index (Phi) is 4.91. The van der Waals surface area contributed by atoms with Crippen molar-refractivity contribution in [1.29, 1.82) is 0 Å². The summed E-state index contributed by atoms with van der Waals surface area (Å²) in [5, 5.41) is 3.20. The van der Waals surface area contributed by atoms with Crippen LogP contribution in [0.1, 0.15) is 31.0 Å². The predicted molar refractivity (Wildman–Crippen MR) is 79.7 cm³/mol. The summed E-state index contributed by atoms with van der Waals surface area (Å²) in [6.07, 6.45) is 0. The standard InChI is InChI=1S/C17H19F2NO/c1-4-20-12(3)14-10-13(18)8-9-15(14)21-16-7-5-6-11(2)17(16)19/h5-10,12,20H,4H2,1-3H3. The minimum Gasteiger partial charge on any atom is -0.454 e. The van der Waals surface area contributed by atoms with Crippen LogP contribution in [0.5, 0.6) is 11.5 Å². The zero-order chi connectivity index (χ0) is 15.4. The zero-order valence-electron chi connectivity index (χ0n) is 12.4. The number of rotatable bonds is 5. The maximum Gasteiger partial charge on any atom is 0.168 e. The summed E-state index contributed by atoms with van der Waals surface area (Å²) in [5.74, 6) is -0.142. The minimum atomic E-state index is -0.399. The van der Waals surface area contributed by atoms with Crippen LogP contribution in [0.4, 0.5) is 8.78 Å². The lowest BCUT2D eigenvalue weighted by atomic mass is 10.1. The van der Waals surface area contributed by atoms with Gasteiger partial charge in [0, 0.05) is 11.6 Å². The molecular weight excluding hydrogens is 272 g/mol. The van der Waals surface area contributed by atoms with E-state index in [0.717, 1.165) is 6.54 Å². The van der Waals surface area contributed by atoms with Crippen molar-refractivity contribution in [2.45, 2.75) is 26.8 Å². The van der Waals surface area contributed by atoms with E-state index in [1.807, 2.05) is 13.8 Å². The monoisotopic (exact) mass is 291 g/mol. The second-order valence-corrected chi connectivity index (χ2v) is 4.95. The molecule has 0 aliphatic carbocycles. The first-order valence-electron chi connectivity index (χ1n) is 6.98. The summed E-state index contributed by atoms with van der Waals surface area (Å²) in [6.45, 7) is 6.30. The Hall–Kier alpha value is -1.94. The molecule has 1 atom stereocenters. The molecule has 0 bridgehead atoms.